The zero-order chi connectivity index (χ0) is 10.4. The fraction of sp³-hybridized carbons (Fsp3) is 0.100. The summed E-state index contributed by atoms with van der Waals surface area (Å²) in [5.41, 5.74) is 2.74. The van der Waals surface area contributed by atoms with Crippen molar-refractivity contribution in [3.05, 3.63) is 34.3 Å². The quantitative estimate of drug-likeness (QED) is 0.507. The van der Waals surface area contributed by atoms with E-state index < -0.39 is 0 Å². The van der Waals surface area contributed by atoms with Gasteiger partial charge in [0.15, 0.2) is 0 Å². The number of hydrogen-bond acceptors (Lipinski definition) is 2. The van der Waals surface area contributed by atoms with Crippen molar-refractivity contribution in [2.75, 3.05) is 6.61 Å². The molecule has 0 radical (unpaired) electrons. The van der Waals surface area contributed by atoms with E-state index in [1.807, 2.05) is 6.07 Å². The Morgan fingerprint density at radius 2 is 2.43 bits per heavy atom. The van der Waals surface area contributed by atoms with Gasteiger partial charge in [0.1, 0.15) is 6.61 Å². The van der Waals surface area contributed by atoms with Crippen molar-refractivity contribution in [1.29, 1.82) is 0 Å². The van der Waals surface area contributed by atoms with Crippen LogP contribution in [0.4, 0.5) is 0 Å². The van der Waals surface area contributed by atoms with Crippen molar-refractivity contribution >= 4 is 21.8 Å². The molecule has 0 aliphatic heterocycles. The van der Waals surface area contributed by atoms with Crippen molar-refractivity contribution in [3.8, 4) is 12.3 Å². The molecule has 0 aliphatic rings. The van der Waals surface area contributed by atoms with Gasteiger partial charge in [-0.2, -0.15) is 0 Å². The van der Waals surface area contributed by atoms with Crippen molar-refractivity contribution in [1.82, 2.24) is 5.48 Å². The minimum Gasteiger partial charge on any atom is -0.267 e. The monoisotopic (exact) mass is 253 g/mol. The lowest BCUT2D eigenvalue weighted by molar-refractivity contribution is 0.0438. The Kier molecular flexibility index (Phi) is 4.17. The molecule has 1 rings (SSSR count). The van der Waals surface area contributed by atoms with Gasteiger partial charge in [-0.05, 0) is 18.2 Å². The van der Waals surface area contributed by atoms with Gasteiger partial charge in [-0.3, -0.25) is 9.63 Å². The summed E-state index contributed by atoms with van der Waals surface area (Å²) in [6.07, 6.45) is 4.94. The minimum absolute atomic E-state index is 0.0553. The number of amides is 1. The first-order valence-electron chi connectivity index (χ1n) is 3.85. The summed E-state index contributed by atoms with van der Waals surface area (Å²) < 4.78 is 0.835. The molecule has 3 nitrogen and oxygen atoms in total. The van der Waals surface area contributed by atoms with Crippen LogP contribution >= 0.6 is 15.9 Å². The summed E-state index contributed by atoms with van der Waals surface area (Å²) in [4.78, 5) is 16.0. The Morgan fingerprint density at radius 1 is 1.64 bits per heavy atom. The molecule has 0 bridgehead atoms. The average molecular weight is 254 g/mol. The fourth-order valence-electron chi connectivity index (χ4n) is 0.832. The number of carbonyl (C=O) groups is 1. The molecule has 0 aliphatic carbocycles. The Labute approximate surface area is 90.5 Å². The first kappa shape index (κ1) is 10.8. The van der Waals surface area contributed by atoms with Gasteiger partial charge in [0.25, 0.3) is 5.91 Å². The molecule has 4 heteroatoms. The first-order valence-corrected chi connectivity index (χ1v) is 4.64. The molecule has 1 amide bonds. The number of halogens is 1. The predicted molar refractivity (Wildman–Crippen MR) is 56.4 cm³/mol. The molecule has 0 aromatic heterocycles. The van der Waals surface area contributed by atoms with Gasteiger partial charge < -0.3 is 0 Å². The van der Waals surface area contributed by atoms with E-state index in [9.17, 15) is 4.79 Å². The molecule has 0 unspecified atom stereocenters. The van der Waals surface area contributed by atoms with Gasteiger partial charge in [-0.25, -0.2) is 5.48 Å². The lowest BCUT2D eigenvalue weighted by Crippen LogP contribution is -2.23. The predicted octanol–water partition coefficient (Wildman–Crippen LogP) is 1.74. The fourth-order valence-corrected chi connectivity index (χ4v) is 1.23. The standard InChI is InChI=1S/C10H8BrNO2/c1-2-6-14-12-10(13)8-4-3-5-9(11)7-8/h1,3-5,7H,6H2,(H,12,13). The van der Waals surface area contributed by atoms with Gasteiger partial charge in [0, 0.05) is 10.0 Å². The summed E-state index contributed by atoms with van der Waals surface area (Å²) in [6.45, 7) is 0.0553. The Balaban J connectivity index is 2.57. The SMILES string of the molecule is C#CCONC(=O)c1cccc(Br)c1. The number of nitrogens with one attached hydrogen (secondary N) is 1. The lowest BCUT2D eigenvalue weighted by atomic mass is 10.2. The van der Waals surface area contributed by atoms with Crippen LogP contribution in [0.2, 0.25) is 0 Å². The summed E-state index contributed by atoms with van der Waals surface area (Å²) in [6, 6.07) is 6.97. The largest absolute Gasteiger partial charge is 0.274 e. The summed E-state index contributed by atoms with van der Waals surface area (Å²) >= 11 is 3.26. The smallest absolute Gasteiger partial charge is 0.267 e. The van der Waals surface area contributed by atoms with E-state index in [0.29, 0.717) is 5.56 Å². The first-order chi connectivity index (χ1) is 6.74. The zero-order valence-corrected chi connectivity index (χ0v) is 8.87. The number of terminal acetylenes is 1. The molecule has 0 spiro atoms. The van der Waals surface area contributed by atoms with Crippen molar-refractivity contribution in [2.24, 2.45) is 0 Å². The van der Waals surface area contributed by atoms with Gasteiger partial charge in [0.05, 0.1) is 0 Å². The van der Waals surface area contributed by atoms with Crippen molar-refractivity contribution < 1.29 is 9.63 Å². The van der Waals surface area contributed by atoms with Crippen LogP contribution in [-0.2, 0) is 4.84 Å². The maximum atomic E-state index is 11.3. The van der Waals surface area contributed by atoms with Crippen molar-refractivity contribution in [2.45, 2.75) is 0 Å². The number of hydrogen-bond donors (Lipinski definition) is 1. The highest BCUT2D eigenvalue weighted by Crippen LogP contribution is 2.11. The van der Waals surface area contributed by atoms with Crippen molar-refractivity contribution in [3.63, 3.8) is 0 Å². The molecule has 14 heavy (non-hydrogen) atoms. The topological polar surface area (TPSA) is 38.3 Å². The van der Waals surface area contributed by atoms with Crippen LogP contribution in [0.1, 0.15) is 10.4 Å². The molecule has 1 N–H and O–H groups in total. The molecule has 0 heterocycles. The second kappa shape index (κ2) is 5.43. The van der Waals surface area contributed by atoms with Crippen LogP contribution in [0.15, 0.2) is 28.7 Å². The third kappa shape index (κ3) is 3.21. The lowest BCUT2D eigenvalue weighted by Gasteiger charge is -2.02. The number of carbonyl (C=O) groups excluding carboxylic acids is 1. The second-order valence-corrected chi connectivity index (χ2v) is 3.35. The van der Waals surface area contributed by atoms with E-state index >= 15 is 0 Å². The summed E-state index contributed by atoms with van der Waals surface area (Å²) in [5.74, 6) is 1.92. The molecule has 0 atom stereocenters. The summed E-state index contributed by atoms with van der Waals surface area (Å²) in [5, 5.41) is 0. The van der Waals surface area contributed by atoms with Gasteiger partial charge >= 0.3 is 0 Å². The molecular formula is C10H8BrNO2. The summed E-state index contributed by atoms with van der Waals surface area (Å²) in [7, 11) is 0. The van der Waals surface area contributed by atoms with E-state index in [4.69, 9.17) is 6.42 Å². The number of benzene rings is 1. The van der Waals surface area contributed by atoms with Gasteiger partial charge in [-0.15, -0.1) is 6.42 Å². The van der Waals surface area contributed by atoms with Crippen LogP contribution in [0.5, 0.6) is 0 Å². The highest BCUT2D eigenvalue weighted by atomic mass is 79.9. The molecule has 1 aromatic carbocycles. The number of rotatable bonds is 3. The van der Waals surface area contributed by atoms with E-state index in [1.165, 1.54) is 0 Å². The van der Waals surface area contributed by atoms with E-state index in [-0.39, 0.29) is 12.5 Å². The van der Waals surface area contributed by atoms with E-state index in [0.717, 1.165) is 4.47 Å². The molecular weight excluding hydrogens is 246 g/mol. The third-order valence-corrected chi connectivity index (χ3v) is 1.90. The zero-order valence-electron chi connectivity index (χ0n) is 7.29. The molecule has 1 aromatic rings. The number of hydroxylamine groups is 1. The van der Waals surface area contributed by atoms with E-state index in [1.54, 1.807) is 18.2 Å². The van der Waals surface area contributed by atoms with Crippen LogP contribution in [0, 0.1) is 12.3 Å². The Hall–Kier alpha value is -1.31. The normalized spacial score (nSPS) is 9.14. The van der Waals surface area contributed by atoms with Crippen LogP contribution in [0.3, 0.4) is 0 Å². The van der Waals surface area contributed by atoms with Crippen LogP contribution in [-0.4, -0.2) is 12.5 Å². The molecule has 0 saturated carbocycles. The maximum absolute atomic E-state index is 11.3. The van der Waals surface area contributed by atoms with E-state index in [2.05, 4.69) is 32.2 Å². The second-order valence-electron chi connectivity index (χ2n) is 2.43. The van der Waals surface area contributed by atoms with Gasteiger partial charge in [-0.1, -0.05) is 27.9 Å². The average Bonchev–Trinajstić information content (AvgIpc) is 2.18. The highest BCUT2D eigenvalue weighted by Gasteiger charge is 2.04. The maximum Gasteiger partial charge on any atom is 0.274 e. The Bertz CT molecular complexity index is 371. The van der Waals surface area contributed by atoms with Crippen LogP contribution < -0.4 is 5.48 Å². The highest BCUT2D eigenvalue weighted by molar-refractivity contribution is 9.10. The van der Waals surface area contributed by atoms with Crippen LogP contribution in [0.25, 0.3) is 0 Å². The third-order valence-electron chi connectivity index (χ3n) is 1.41. The van der Waals surface area contributed by atoms with Gasteiger partial charge in [0.2, 0.25) is 0 Å². The molecule has 0 saturated heterocycles. The minimum atomic E-state index is -0.318. The molecule has 72 valence electrons. The molecule has 0 fully saturated rings. The Morgan fingerprint density at radius 3 is 3.07 bits per heavy atom.